The predicted octanol–water partition coefficient (Wildman–Crippen LogP) is 30.2. The molecule has 25 aromatic rings. The molecule has 0 spiro atoms. The number of fused-ring (bicyclic) bond motifs is 21. The lowest BCUT2D eigenvalue weighted by molar-refractivity contribution is -0.143. The standard InChI is InChI=1S/C116H79F6N9O4/c1-70-71(2)112(129-101-49-23-11-37-87(101)88-38-12-24-50-102(88)129)114(113(130-103-51-25-13-39-89(103)90-40-14-26-52-104(90)130)111(70)72-61-73(115(117,118)119)63-74(62-72)116(120,121)122)131-105-55-53-75(132-57-27-59-134-77-66-107(125-93-41-15-3-29-79(93)80-30-4-16-42-94(80)125)123-108(67-77)126-95-43-17-5-31-81(95)82-32-6-18-44-96(82)126)64-91(105)92-65-76(54-56-106(92)131)133-58-28-60-135-78-68-109(127-97-45-19-7-33-83(97)84-34-8-20-46-98(84)127)124-110(69-78)128-99-47-21-9-35-85(99)86-36-10-22-48-100(86)128/h3-26,29-56,61-69H,27-28,57-60H2,1-2H3. The van der Waals surface area contributed by atoms with Crippen molar-refractivity contribution >= 4 is 153 Å². The zero-order valence-corrected chi connectivity index (χ0v) is 72.9. The zero-order chi connectivity index (χ0) is 90.6. The first kappa shape index (κ1) is 80.3. The summed E-state index contributed by atoms with van der Waals surface area (Å²) >= 11 is 0. The molecule has 0 fully saturated rings. The number of rotatable bonds is 20. The van der Waals surface area contributed by atoms with Crippen LogP contribution in [0.4, 0.5) is 26.3 Å². The second-order valence-electron chi connectivity index (χ2n) is 34.5. The van der Waals surface area contributed by atoms with Crippen LogP contribution in [0.15, 0.2) is 370 Å². The molecule has 0 atom stereocenters. The average Bonchev–Trinajstić information content (AvgIpc) is 1.62. The van der Waals surface area contributed by atoms with Crippen molar-refractivity contribution in [2.75, 3.05) is 26.4 Å². The number of hydrogen-bond acceptors (Lipinski definition) is 6. The first-order valence-corrected chi connectivity index (χ1v) is 45.1. The van der Waals surface area contributed by atoms with Crippen LogP contribution in [0.1, 0.15) is 35.1 Å². The molecule has 0 saturated heterocycles. The Morgan fingerprint density at radius 2 is 0.437 bits per heavy atom. The molecule has 0 radical (unpaired) electrons. The van der Waals surface area contributed by atoms with Crippen molar-refractivity contribution in [3.8, 4) is 74.5 Å². The van der Waals surface area contributed by atoms with E-state index in [0.29, 0.717) is 120 Å². The largest absolute Gasteiger partial charge is 0.493 e. The summed E-state index contributed by atoms with van der Waals surface area (Å²) in [7, 11) is 0. The minimum atomic E-state index is -5.19. The molecule has 16 aromatic carbocycles. The fourth-order valence-electron chi connectivity index (χ4n) is 21.0. The van der Waals surface area contributed by atoms with Crippen LogP contribution in [0.5, 0.6) is 23.0 Å². The van der Waals surface area contributed by atoms with Crippen LogP contribution in [-0.2, 0) is 12.4 Å². The molecule has 0 bridgehead atoms. The first-order chi connectivity index (χ1) is 66.1. The molecule has 0 amide bonds. The predicted molar refractivity (Wildman–Crippen MR) is 531 cm³/mol. The molecular formula is C116H79F6N9O4. The Bertz CT molecular complexity index is 8240. The zero-order valence-electron chi connectivity index (χ0n) is 72.9. The van der Waals surface area contributed by atoms with Gasteiger partial charge in [0.25, 0.3) is 0 Å². The van der Waals surface area contributed by atoms with Crippen molar-refractivity contribution in [2.24, 2.45) is 0 Å². The van der Waals surface area contributed by atoms with E-state index in [1.807, 2.05) is 200 Å². The smallest absolute Gasteiger partial charge is 0.416 e. The Labute approximate surface area is 767 Å². The number of benzene rings is 16. The molecule has 0 N–H and O–H groups in total. The molecule has 9 aromatic heterocycles. The Balaban J connectivity index is 0.640. The monoisotopic (exact) mass is 1780 g/mol. The molecule has 19 heteroatoms. The highest BCUT2D eigenvalue weighted by Crippen LogP contribution is 2.53. The van der Waals surface area contributed by atoms with Gasteiger partial charge in [-0.2, -0.15) is 26.3 Å². The van der Waals surface area contributed by atoms with Crippen LogP contribution in [0.2, 0.25) is 0 Å². The van der Waals surface area contributed by atoms with E-state index < -0.39 is 23.5 Å². The van der Waals surface area contributed by atoms with Gasteiger partial charge in [0.15, 0.2) is 0 Å². The van der Waals surface area contributed by atoms with E-state index in [9.17, 15) is 0 Å². The summed E-state index contributed by atoms with van der Waals surface area (Å²) in [5.74, 6) is 4.96. The van der Waals surface area contributed by atoms with Crippen LogP contribution in [0.25, 0.3) is 204 Å². The average molecular weight is 1780 g/mol. The van der Waals surface area contributed by atoms with Gasteiger partial charge in [0.05, 0.1) is 132 Å². The van der Waals surface area contributed by atoms with Crippen molar-refractivity contribution in [2.45, 2.75) is 39.0 Å². The van der Waals surface area contributed by atoms with E-state index in [4.69, 9.17) is 28.9 Å². The van der Waals surface area contributed by atoms with Gasteiger partial charge in [0, 0.05) is 118 Å². The van der Waals surface area contributed by atoms with Gasteiger partial charge >= 0.3 is 12.4 Å². The molecular weight excluding hydrogens is 1700 g/mol. The Hall–Kier alpha value is -16.8. The van der Waals surface area contributed by atoms with E-state index in [-0.39, 0.29) is 43.6 Å². The third kappa shape index (κ3) is 13.1. The molecule has 25 rings (SSSR count). The van der Waals surface area contributed by atoms with E-state index in [1.54, 1.807) is 0 Å². The van der Waals surface area contributed by atoms with E-state index in [0.717, 1.165) is 132 Å². The lowest BCUT2D eigenvalue weighted by Gasteiger charge is -2.29. The quantitative estimate of drug-likeness (QED) is 0.0557. The lowest BCUT2D eigenvalue weighted by atomic mass is 9.89. The second kappa shape index (κ2) is 31.5. The van der Waals surface area contributed by atoms with Crippen molar-refractivity contribution in [3.05, 3.63) is 392 Å². The number of hydrogen-bond donors (Lipinski definition) is 0. The van der Waals surface area contributed by atoms with E-state index in [1.165, 1.54) is 0 Å². The van der Waals surface area contributed by atoms with Crippen molar-refractivity contribution < 1.29 is 45.3 Å². The van der Waals surface area contributed by atoms with Gasteiger partial charge in [0.2, 0.25) is 0 Å². The summed E-state index contributed by atoms with van der Waals surface area (Å²) in [4.78, 5) is 11.0. The number of aromatic nitrogens is 9. The third-order valence-electron chi connectivity index (χ3n) is 26.8. The first-order valence-electron chi connectivity index (χ1n) is 45.1. The minimum Gasteiger partial charge on any atom is -0.493 e. The Morgan fingerprint density at radius 1 is 0.215 bits per heavy atom. The van der Waals surface area contributed by atoms with Gasteiger partial charge in [-0.1, -0.05) is 218 Å². The highest BCUT2D eigenvalue weighted by Gasteiger charge is 2.40. The van der Waals surface area contributed by atoms with Gasteiger partial charge in [-0.3, -0.25) is 18.3 Å². The van der Waals surface area contributed by atoms with Gasteiger partial charge in [-0.15, -0.1) is 0 Å². The number of nitrogens with zero attached hydrogens (tertiary/aromatic N) is 9. The molecule has 9 heterocycles. The highest BCUT2D eigenvalue weighted by molar-refractivity contribution is 6.18. The van der Waals surface area contributed by atoms with E-state index in [2.05, 4.69) is 197 Å². The second-order valence-corrected chi connectivity index (χ2v) is 34.5. The maximum absolute atomic E-state index is 15.8. The maximum atomic E-state index is 15.8. The van der Waals surface area contributed by atoms with Crippen LogP contribution in [0, 0.1) is 13.8 Å². The molecule has 0 aliphatic heterocycles. The summed E-state index contributed by atoms with van der Waals surface area (Å²) < 4.78 is 138. The molecule has 654 valence electrons. The van der Waals surface area contributed by atoms with E-state index >= 15 is 26.3 Å². The van der Waals surface area contributed by atoms with Gasteiger partial charge < -0.3 is 32.6 Å². The minimum absolute atomic E-state index is 0.157. The molecule has 0 aliphatic carbocycles. The fraction of sp³-hybridized carbons (Fsp3) is 0.0862. The number of ether oxygens (including phenoxy) is 4. The summed E-state index contributed by atoms with van der Waals surface area (Å²) in [5.41, 5.74) is 11.7. The number of alkyl halides is 6. The molecule has 0 aliphatic rings. The SMILES string of the molecule is Cc1c(C)c(-n2c3ccccc3c3ccccc32)c(-n2c3ccc(OCCCOc4cc(-n5c6ccccc6c6ccccc65)nc(-n5c6ccccc6c6ccccc65)c4)cc3c3cc(OCCCOc4cc(-n5c6ccccc6c6ccccc65)nc(-n5c6ccccc6c6ccccc65)c4)ccc32)c(-n2c3ccccc3c3ccccc32)c1-c1cc(C(F)(F)F)cc(C(F)(F)F)c1. The van der Waals surface area contributed by atoms with Crippen molar-refractivity contribution in [1.29, 1.82) is 0 Å². The number of pyridine rings is 2. The van der Waals surface area contributed by atoms with Crippen LogP contribution in [0.3, 0.4) is 0 Å². The normalized spacial score (nSPS) is 12.3. The lowest BCUT2D eigenvalue weighted by Crippen LogP contribution is -2.15. The van der Waals surface area contributed by atoms with Crippen LogP contribution >= 0.6 is 0 Å². The summed E-state index contributed by atoms with van der Waals surface area (Å²) in [6.45, 7) is 4.64. The van der Waals surface area contributed by atoms with Crippen LogP contribution in [-0.4, -0.2) is 68.4 Å². The summed E-state index contributed by atoms with van der Waals surface area (Å²) in [6.07, 6.45) is -9.51. The maximum Gasteiger partial charge on any atom is 0.416 e. The summed E-state index contributed by atoms with van der Waals surface area (Å²) in [5, 5.41) is 13.6. The highest BCUT2D eigenvalue weighted by atomic mass is 19.4. The van der Waals surface area contributed by atoms with Gasteiger partial charge in [-0.05, 0) is 158 Å². The Morgan fingerprint density at radius 3 is 0.696 bits per heavy atom. The topological polar surface area (TPSA) is 97.2 Å². The number of para-hydroxylation sites is 12. The van der Waals surface area contributed by atoms with Crippen molar-refractivity contribution in [1.82, 2.24) is 41.9 Å². The Kier molecular flexibility index (Phi) is 18.7. The summed E-state index contributed by atoms with van der Waals surface area (Å²) in [6, 6.07) is 120. The molecule has 135 heavy (non-hydrogen) atoms. The van der Waals surface area contributed by atoms with Gasteiger partial charge in [0.1, 0.15) is 46.3 Å². The molecule has 13 nitrogen and oxygen atoms in total. The van der Waals surface area contributed by atoms with Crippen LogP contribution < -0.4 is 18.9 Å². The number of halogens is 6. The van der Waals surface area contributed by atoms with Crippen molar-refractivity contribution in [3.63, 3.8) is 0 Å². The molecule has 0 saturated carbocycles. The van der Waals surface area contributed by atoms with Gasteiger partial charge in [-0.25, -0.2) is 9.97 Å². The fourth-order valence-corrected chi connectivity index (χ4v) is 21.0. The molecule has 0 unspecified atom stereocenters. The third-order valence-corrected chi connectivity index (χ3v) is 26.8.